The van der Waals surface area contributed by atoms with Crippen molar-refractivity contribution in [2.45, 2.75) is 0 Å². The second kappa shape index (κ2) is 4.27. The molecule has 0 aliphatic carbocycles. The van der Waals surface area contributed by atoms with Crippen LogP contribution in [0.25, 0.3) is 0 Å². The Hall–Kier alpha value is -1.04. The summed E-state index contributed by atoms with van der Waals surface area (Å²) >= 11 is 0. The normalized spacial score (nSPS) is 20.6. The van der Waals surface area contributed by atoms with Gasteiger partial charge in [0.25, 0.3) is 0 Å². The van der Waals surface area contributed by atoms with Gasteiger partial charge in [-0.2, -0.15) is 10.0 Å². The van der Waals surface area contributed by atoms with Crippen molar-refractivity contribution in [1.29, 1.82) is 0 Å². The molecule has 0 aromatic heterocycles. The number of nitro groups is 1. The van der Waals surface area contributed by atoms with Crippen molar-refractivity contribution in [2.75, 3.05) is 20.0 Å². The molecule has 10 nitrogen and oxygen atoms in total. The lowest BCUT2D eigenvalue weighted by Gasteiger charge is -2.34. The number of hydrogen-bond donors (Lipinski definition) is 4. The highest BCUT2D eigenvalue weighted by Crippen LogP contribution is 2.01. The second-order valence-electron chi connectivity index (χ2n) is 2.45. The van der Waals surface area contributed by atoms with Crippen LogP contribution >= 0.6 is 0 Å². The van der Waals surface area contributed by atoms with E-state index in [0.29, 0.717) is 0 Å². The molecule has 10 heteroatoms. The third-order valence-electron chi connectivity index (χ3n) is 1.52. The molecule has 0 aromatic carbocycles. The molecule has 0 unspecified atom stereocenters. The fourth-order valence-electron chi connectivity index (χ4n) is 0.964. The Kier molecular flexibility index (Phi) is 3.30. The largest absolute Gasteiger partial charge is 0.302 e. The molecule has 0 atom stereocenters. The minimum atomic E-state index is -0.631. The summed E-state index contributed by atoms with van der Waals surface area (Å²) in [6.45, 7) is -0.0549. The Morgan fingerprint density at radius 2 is 1.62 bits per heavy atom. The fourth-order valence-corrected chi connectivity index (χ4v) is 0.964. The van der Waals surface area contributed by atoms with Gasteiger partial charge in [-0.05, 0) is 0 Å². The molecule has 0 amide bonds. The van der Waals surface area contributed by atoms with Crippen LogP contribution in [-0.2, 0) is 0 Å². The number of nitrogens with one attached hydrogen (secondary N) is 2. The average molecular weight is 194 g/mol. The van der Waals surface area contributed by atoms with E-state index < -0.39 is 5.03 Å². The van der Waals surface area contributed by atoms with Crippen molar-refractivity contribution in [1.82, 2.24) is 26.2 Å². The van der Waals surface area contributed by atoms with Crippen molar-refractivity contribution < 1.29 is 15.4 Å². The van der Waals surface area contributed by atoms with Crippen LogP contribution < -0.4 is 11.2 Å². The maximum atomic E-state index is 10.3. The van der Waals surface area contributed by atoms with Gasteiger partial charge in [0.1, 0.15) is 13.3 Å². The topological polar surface area (TPSA) is 117 Å². The molecule has 1 fully saturated rings. The summed E-state index contributed by atoms with van der Waals surface area (Å²) in [7, 11) is 0. The van der Waals surface area contributed by atoms with Crippen LogP contribution in [0.1, 0.15) is 0 Å². The zero-order valence-corrected chi connectivity index (χ0v) is 6.62. The predicted molar refractivity (Wildman–Crippen MR) is 37.0 cm³/mol. The van der Waals surface area contributed by atoms with E-state index in [-0.39, 0.29) is 20.0 Å². The molecule has 1 aliphatic heterocycles. The Morgan fingerprint density at radius 1 is 1.15 bits per heavy atom. The highest BCUT2D eigenvalue weighted by molar-refractivity contribution is 4.53. The van der Waals surface area contributed by atoms with E-state index in [1.54, 1.807) is 11.2 Å². The maximum absolute atomic E-state index is 10.3. The molecule has 13 heavy (non-hydrogen) atoms. The van der Waals surface area contributed by atoms with Gasteiger partial charge in [-0.25, -0.2) is 10.1 Å². The first-order valence-corrected chi connectivity index (χ1v) is 3.36. The Balaban J connectivity index is 2.54. The minimum absolute atomic E-state index is 0.0817. The van der Waals surface area contributed by atoms with Crippen molar-refractivity contribution in [3.63, 3.8) is 0 Å². The minimum Gasteiger partial charge on any atom is -0.302 e. The third kappa shape index (κ3) is 2.45. The molecule has 0 radical (unpaired) electrons. The van der Waals surface area contributed by atoms with Crippen molar-refractivity contribution in [3.05, 3.63) is 10.1 Å². The van der Waals surface area contributed by atoms with Crippen molar-refractivity contribution >= 4 is 0 Å². The van der Waals surface area contributed by atoms with Crippen LogP contribution in [0.2, 0.25) is 0 Å². The van der Waals surface area contributed by atoms with Gasteiger partial charge in [0, 0.05) is 0 Å². The number of rotatable bonds is 3. The zero-order valence-electron chi connectivity index (χ0n) is 6.62. The summed E-state index contributed by atoms with van der Waals surface area (Å²) in [5.74, 6) is 0. The summed E-state index contributed by atoms with van der Waals surface area (Å²) in [6, 6.07) is 0. The van der Waals surface area contributed by atoms with Crippen LogP contribution in [0.3, 0.4) is 0 Å². The van der Waals surface area contributed by atoms with E-state index in [1.807, 2.05) is 0 Å². The highest BCUT2D eigenvalue weighted by Gasteiger charge is 2.28. The molecular formula is C3H10N6O4. The van der Waals surface area contributed by atoms with E-state index in [4.69, 9.17) is 10.4 Å². The summed E-state index contributed by atoms with van der Waals surface area (Å²) in [5, 5.41) is 29.7. The molecule has 1 saturated heterocycles. The number of hydrazine groups is 3. The van der Waals surface area contributed by atoms with Crippen LogP contribution in [0.4, 0.5) is 0 Å². The van der Waals surface area contributed by atoms with Crippen molar-refractivity contribution in [2.24, 2.45) is 0 Å². The maximum Gasteiger partial charge on any atom is 0.162 e. The lowest BCUT2D eigenvalue weighted by molar-refractivity contribution is -0.671. The number of nitrogens with zero attached hydrogens (tertiary/aromatic N) is 4. The molecule has 1 rings (SSSR count). The van der Waals surface area contributed by atoms with Gasteiger partial charge in [-0.3, -0.25) is 0 Å². The molecule has 0 bridgehead atoms. The predicted octanol–water partition coefficient (Wildman–Crippen LogP) is -2.24. The lowest BCUT2D eigenvalue weighted by atomic mass is 10.7. The van der Waals surface area contributed by atoms with E-state index in [1.165, 1.54) is 0 Å². The first-order chi connectivity index (χ1) is 6.17. The molecule has 0 spiro atoms. The second-order valence-corrected chi connectivity index (χ2v) is 2.45. The monoisotopic (exact) mass is 194 g/mol. The van der Waals surface area contributed by atoms with E-state index in [0.717, 1.165) is 15.0 Å². The van der Waals surface area contributed by atoms with Gasteiger partial charge in [-0.1, -0.05) is 5.01 Å². The quantitative estimate of drug-likeness (QED) is 0.292. The van der Waals surface area contributed by atoms with Gasteiger partial charge in [0.05, 0.1) is 6.67 Å². The summed E-state index contributed by atoms with van der Waals surface area (Å²) < 4.78 is 0. The van der Waals surface area contributed by atoms with Crippen molar-refractivity contribution in [3.8, 4) is 0 Å². The molecule has 1 heterocycles. The molecular weight excluding hydrogens is 184 g/mol. The first kappa shape index (κ1) is 10.0. The summed E-state index contributed by atoms with van der Waals surface area (Å²) in [6.07, 6.45) is 0. The zero-order chi connectivity index (χ0) is 9.84. The standard InChI is InChI=1S/C3H10N6O4/c10-4-6-1-7(5-11)3-8(2-6)9(12)13/h4-5,10-11H,1-3H2. The van der Waals surface area contributed by atoms with Gasteiger partial charge in [0.15, 0.2) is 5.03 Å². The van der Waals surface area contributed by atoms with Crippen LogP contribution in [0, 0.1) is 10.1 Å². The van der Waals surface area contributed by atoms with E-state index in [9.17, 15) is 10.1 Å². The Morgan fingerprint density at radius 3 is 1.92 bits per heavy atom. The van der Waals surface area contributed by atoms with E-state index >= 15 is 0 Å². The van der Waals surface area contributed by atoms with Gasteiger partial charge in [-0.15, -0.1) is 11.2 Å². The third-order valence-corrected chi connectivity index (χ3v) is 1.52. The average Bonchev–Trinajstić information content (AvgIpc) is 2.16. The molecule has 76 valence electrons. The van der Waals surface area contributed by atoms with E-state index in [2.05, 4.69) is 0 Å². The number of hydrogen-bond acceptors (Lipinski definition) is 8. The van der Waals surface area contributed by atoms with Crippen LogP contribution in [-0.4, -0.2) is 50.5 Å². The molecule has 0 saturated carbocycles. The first-order valence-electron chi connectivity index (χ1n) is 3.36. The lowest BCUT2D eigenvalue weighted by Crippen LogP contribution is -2.62. The van der Waals surface area contributed by atoms with Gasteiger partial charge < -0.3 is 10.4 Å². The summed E-state index contributed by atoms with van der Waals surface area (Å²) in [4.78, 5) is 10.3. The highest BCUT2D eigenvalue weighted by atomic mass is 16.7. The smallest absolute Gasteiger partial charge is 0.162 e. The van der Waals surface area contributed by atoms with Gasteiger partial charge in [0.2, 0.25) is 0 Å². The molecule has 0 aromatic rings. The fraction of sp³-hybridized carbons (Fsp3) is 1.00. The summed E-state index contributed by atoms with van der Waals surface area (Å²) in [5.41, 5.74) is 3.50. The van der Waals surface area contributed by atoms with Gasteiger partial charge >= 0.3 is 0 Å². The Labute approximate surface area is 72.9 Å². The Bertz CT molecular complexity index is 177. The molecule has 4 N–H and O–H groups in total. The van der Waals surface area contributed by atoms with Crippen LogP contribution in [0.5, 0.6) is 0 Å². The SMILES string of the molecule is O=[N+]([O-])N1CN(NO)CN(NO)C1. The molecule has 1 aliphatic rings. The van der Waals surface area contributed by atoms with Crippen LogP contribution in [0.15, 0.2) is 0 Å².